The van der Waals surface area contributed by atoms with Gasteiger partial charge in [-0.3, -0.25) is 4.79 Å². The summed E-state index contributed by atoms with van der Waals surface area (Å²) in [6, 6.07) is 15.9. The third-order valence-corrected chi connectivity index (χ3v) is 6.49. The minimum absolute atomic E-state index is 0.0931. The van der Waals surface area contributed by atoms with Crippen molar-refractivity contribution in [2.24, 2.45) is 0 Å². The summed E-state index contributed by atoms with van der Waals surface area (Å²) >= 11 is 1.52. The number of halogens is 1. The topological polar surface area (TPSA) is 91.0 Å². The van der Waals surface area contributed by atoms with Crippen molar-refractivity contribution in [1.29, 1.82) is 0 Å². The van der Waals surface area contributed by atoms with Gasteiger partial charge in [0.1, 0.15) is 16.5 Å². The molecule has 4 N–H and O–H groups in total. The summed E-state index contributed by atoms with van der Waals surface area (Å²) in [7, 11) is 0. The molecule has 2 aromatic heterocycles. The number of piperidine rings is 1. The number of carbonyl (C=O) groups is 1. The van der Waals surface area contributed by atoms with Crippen LogP contribution in [0.15, 0.2) is 60.0 Å². The summed E-state index contributed by atoms with van der Waals surface area (Å²) in [5, 5.41) is 15.8. The second-order valence-electron chi connectivity index (χ2n) is 8.24. The maximum atomic E-state index is 13.5. The van der Waals surface area contributed by atoms with Gasteiger partial charge in [0.2, 0.25) is 5.95 Å². The van der Waals surface area contributed by atoms with E-state index in [2.05, 4.69) is 31.2 Å². The van der Waals surface area contributed by atoms with Crippen molar-refractivity contribution < 1.29 is 9.18 Å². The molecule has 34 heavy (non-hydrogen) atoms. The Labute approximate surface area is 200 Å². The molecule has 1 atom stereocenters. The molecule has 0 radical (unpaired) electrons. The highest BCUT2D eigenvalue weighted by molar-refractivity contribution is 7.16. The summed E-state index contributed by atoms with van der Waals surface area (Å²) in [5.41, 5.74) is 2.13. The molecule has 1 aliphatic rings. The molecule has 0 spiro atoms. The molecule has 9 heteroatoms. The van der Waals surface area contributed by atoms with Gasteiger partial charge in [0.25, 0.3) is 5.91 Å². The maximum Gasteiger partial charge on any atom is 0.251 e. The first-order valence-electron chi connectivity index (χ1n) is 11.3. The number of nitrogens with one attached hydrogen (secondary N) is 4. The Balaban J connectivity index is 1.32. The van der Waals surface area contributed by atoms with Crippen LogP contribution in [-0.2, 0) is 6.54 Å². The fraction of sp³-hybridized carbons (Fsp3) is 0.240. The second-order valence-corrected chi connectivity index (χ2v) is 9.14. The van der Waals surface area contributed by atoms with Gasteiger partial charge in [0.15, 0.2) is 0 Å². The summed E-state index contributed by atoms with van der Waals surface area (Å²) < 4.78 is 13.5. The van der Waals surface area contributed by atoms with E-state index in [1.54, 1.807) is 18.2 Å². The summed E-state index contributed by atoms with van der Waals surface area (Å²) in [6.07, 6.45) is 2.04. The van der Waals surface area contributed by atoms with Crippen LogP contribution < -0.4 is 21.3 Å². The van der Waals surface area contributed by atoms with Crippen LogP contribution in [0, 0.1) is 5.82 Å². The third kappa shape index (κ3) is 5.32. The van der Waals surface area contributed by atoms with Crippen molar-refractivity contribution in [3.8, 4) is 0 Å². The van der Waals surface area contributed by atoms with E-state index < -0.39 is 0 Å². The lowest BCUT2D eigenvalue weighted by Gasteiger charge is -2.23. The zero-order valence-corrected chi connectivity index (χ0v) is 19.3. The first kappa shape index (κ1) is 22.2. The van der Waals surface area contributed by atoms with E-state index >= 15 is 0 Å². The molecule has 7 nitrogen and oxygen atoms in total. The molecular formula is C25H25FN6OS. The fourth-order valence-electron chi connectivity index (χ4n) is 3.99. The zero-order chi connectivity index (χ0) is 23.3. The molecule has 1 unspecified atom stereocenters. The number of hydrogen-bond donors (Lipinski definition) is 4. The van der Waals surface area contributed by atoms with Gasteiger partial charge in [-0.25, -0.2) is 9.37 Å². The number of thiophene rings is 1. The second kappa shape index (κ2) is 10.1. The number of carbonyl (C=O) groups excluding carboxylic acids is 1. The van der Waals surface area contributed by atoms with E-state index in [4.69, 9.17) is 0 Å². The average Bonchev–Trinajstić information content (AvgIpc) is 3.32. The molecule has 5 rings (SSSR count). The monoisotopic (exact) mass is 476 g/mol. The first-order chi connectivity index (χ1) is 16.6. The Bertz CT molecular complexity index is 1300. The van der Waals surface area contributed by atoms with Crippen LogP contribution in [0.1, 0.15) is 28.8 Å². The van der Waals surface area contributed by atoms with E-state index in [0.717, 1.165) is 47.4 Å². The van der Waals surface area contributed by atoms with E-state index in [9.17, 15) is 9.18 Å². The van der Waals surface area contributed by atoms with Crippen molar-refractivity contribution >= 4 is 44.9 Å². The standard InChI is InChI=1S/C25H25FN6OS/c26-18-6-1-4-16(12-18)14-28-22-21-9-11-34-24(21)32-25(31-22)30-19-7-2-5-17(13-19)23(33)29-20-8-3-10-27-15-20/h1-2,4-7,9,11-13,20,27H,3,8,10,14-15H2,(H,29,33)(H2,28,30,31,32). The Hall–Kier alpha value is -3.56. The maximum absolute atomic E-state index is 13.5. The molecule has 1 amide bonds. The number of hydrogen-bond acceptors (Lipinski definition) is 7. The van der Waals surface area contributed by atoms with Crippen LogP contribution in [0.2, 0.25) is 0 Å². The largest absolute Gasteiger partial charge is 0.365 e. The van der Waals surface area contributed by atoms with Gasteiger partial charge in [-0.05, 0) is 66.7 Å². The van der Waals surface area contributed by atoms with Crippen LogP contribution >= 0.6 is 11.3 Å². The molecule has 1 fully saturated rings. The predicted octanol–water partition coefficient (Wildman–Crippen LogP) is 4.67. The number of benzene rings is 2. The molecule has 0 bridgehead atoms. The summed E-state index contributed by atoms with van der Waals surface area (Å²) in [6.45, 7) is 2.23. The Kier molecular flexibility index (Phi) is 6.64. The molecule has 174 valence electrons. The first-order valence-corrected chi connectivity index (χ1v) is 12.1. The zero-order valence-electron chi connectivity index (χ0n) is 18.5. The van der Waals surface area contributed by atoms with Crippen molar-refractivity contribution in [3.63, 3.8) is 0 Å². The highest BCUT2D eigenvalue weighted by Crippen LogP contribution is 2.28. The highest BCUT2D eigenvalue weighted by atomic mass is 32.1. The van der Waals surface area contributed by atoms with Crippen molar-refractivity contribution in [1.82, 2.24) is 20.6 Å². The van der Waals surface area contributed by atoms with Crippen molar-refractivity contribution in [2.75, 3.05) is 23.7 Å². The number of anilines is 3. The van der Waals surface area contributed by atoms with E-state index in [1.807, 2.05) is 29.6 Å². The quantitative estimate of drug-likeness (QED) is 0.310. The Morgan fingerprint density at radius 3 is 2.91 bits per heavy atom. The van der Waals surface area contributed by atoms with E-state index in [-0.39, 0.29) is 17.8 Å². The van der Waals surface area contributed by atoms with Gasteiger partial charge < -0.3 is 21.3 Å². The number of fused-ring (bicyclic) bond motifs is 1. The highest BCUT2D eigenvalue weighted by Gasteiger charge is 2.17. The fourth-order valence-corrected chi connectivity index (χ4v) is 4.75. The minimum atomic E-state index is -0.270. The molecule has 0 saturated carbocycles. The average molecular weight is 477 g/mol. The number of aromatic nitrogens is 2. The lowest BCUT2D eigenvalue weighted by atomic mass is 10.1. The van der Waals surface area contributed by atoms with Crippen LogP contribution in [0.4, 0.5) is 21.8 Å². The van der Waals surface area contributed by atoms with Crippen LogP contribution in [0.5, 0.6) is 0 Å². The SMILES string of the molecule is O=C(NC1CCCNC1)c1cccc(Nc2nc(NCc3cccc(F)c3)c3ccsc3n2)c1. The predicted molar refractivity (Wildman–Crippen MR) is 134 cm³/mol. The number of rotatable bonds is 7. The van der Waals surface area contributed by atoms with E-state index in [0.29, 0.717) is 23.9 Å². The normalized spacial score (nSPS) is 15.7. The smallest absolute Gasteiger partial charge is 0.251 e. The number of nitrogens with zero attached hydrogens (tertiary/aromatic N) is 2. The third-order valence-electron chi connectivity index (χ3n) is 5.69. The van der Waals surface area contributed by atoms with Crippen LogP contribution in [0.25, 0.3) is 10.2 Å². The summed E-state index contributed by atoms with van der Waals surface area (Å²) in [4.78, 5) is 22.8. The molecule has 1 aliphatic heterocycles. The van der Waals surface area contributed by atoms with Crippen molar-refractivity contribution in [2.45, 2.75) is 25.4 Å². The molecule has 2 aromatic carbocycles. The molecular weight excluding hydrogens is 451 g/mol. The summed E-state index contributed by atoms with van der Waals surface area (Å²) in [5.74, 6) is 0.723. The van der Waals surface area contributed by atoms with Crippen molar-refractivity contribution in [3.05, 3.63) is 76.9 Å². The lowest BCUT2D eigenvalue weighted by molar-refractivity contribution is 0.0930. The molecule has 4 aromatic rings. The van der Waals surface area contributed by atoms with E-state index in [1.165, 1.54) is 23.5 Å². The van der Waals surface area contributed by atoms with Gasteiger partial charge in [0, 0.05) is 30.4 Å². The van der Waals surface area contributed by atoms with Gasteiger partial charge in [0.05, 0.1) is 5.39 Å². The lowest BCUT2D eigenvalue weighted by Crippen LogP contribution is -2.45. The molecule has 1 saturated heterocycles. The van der Waals surface area contributed by atoms with Gasteiger partial charge in [-0.1, -0.05) is 18.2 Å². The van der Waals surface area contributed by atoms with Gasteiger partial charge in [-0.2, -0.15) is 4.98 Å². The Morgan fingerprint density at radius 2 is 2.06 bits per heavy atom. The molecule has 0 aliphatic carbocycles. The minimum Gasteiger partial charge on any atom is -0.365 e. The Morgan fingerprint density at radius 1 is 1.15 bits per heavy atom. The molecule has 3 heterocycles. The van der Waals surface area contributed by atoms with Gasteiger partial charge >= 0.3 is 0 Å². The number of amides is 1. The van der Waals surface area contributed by atoms with Gasteiger partial charge in [-0.15, -0.1) is 11.3 Å². The van der Waals surface area contributed by atoms with Crippen LogP contribution in [-0.4, -0.2) is 35.0 Å². The van der Waals surface area contributed by atoms with Crippen LogP contribution in [0.3, 0.4) is 0 Å².